The minimum atomic E-state index is -1.10. The molecule has 3 heterocycles. The van der Waals surface area contributed by atoms with Crippen LogP contribution in [0.3, 0.4) is 0 Å². The number of thiophene rings is 1. The Balaban J connectivity index is 1.46. The summed E-state index contributed by atoms with van der Waals surface area (Å²) in [5, 5.41) is 10.0. The first-order valence-electron chi connectivity index (χ1n) is 12.2. The number of carbonyl (C=O) groups excluding carboxylic acids is 2. The molecule has 9 heteroatoms. The average Bonchev–Trinajstić information content (AvgIpc) is 3.47. The lowest BCUT2D eigenvalue weighted by Crippen LogP contribution is -2.58. The summed E-state index contributed by atoms with van der Waals surface area (Å²) in [6.07, 6.45) is 0.812. The molecule has 3 unspecified atom stereocenters. The summed E-state index contributed by atoms with van der Waals surface area (Å²) in [4.78, 5) is 32.5. The molecule has 5 rings (SSSR count). The molecule has 1 saturated heterocycles. The number of anilines is 1. The Labute approximate surface area is 233 Å². The fourth-order valence-corrected chi connectivity index (χ4v) is 6.61. The number of carbonyl (C=O) groups is 2. The minimum absolute atomic E-state index is 0.0587. The van der Waals surface area contributed by atoms with Crippen molar-refractivity contribution in [2.75, 3.05) is 5.32 Å². The van der Waals surface area contributed by atoms with Crippen molar-refractivity contribution in [2.24, 2.45) is 0 Å². The number of nitrogens with zero attached hydrogens (tertiary/aromatic N) is 1. The van der Waals surface area contributed by atoms with E-state index >= 15 is 0 Å². The van der Waals surface area contributed by atoms with E-state index in [1.54, 1.807) is 24.3 Å². The number of thioether (sulfide) groups is 1. The van der Waals surface area contributed by atoms with E-state index in [2.05, 4.69) is 10.6 Å². The molecule has 0 aliphatic carbocycles. The summed E-state index contributed by atoms with van der Waals surface area (Å²) in [6.45, 7) is 2.04. The predicted molar refractivity (Wildman–Crippen MR) is 151 cm³/mol. The first kappa shape index (κ1) is 26.4. The molecule has 3 atom stereocenters. The molecular weight excluding hydrogens is 541 g/mol. The molecule has 1 amide bonds. The quantitative estimate of drug-likeness (QED) is 0.225. The summed E-state index contributed by atoms with van der Waals surface area (Å²) < 4.78 is 13.4. The van der Waals surface area contributed by atoms with Gasteiger partial charge in [0.2, 0.25) is 5.91 Å². The van der Waals surface area contributed by atoms with Crippen LogP contribution in [0.1, 0.15) is 42.6 Å². The molecule has 5 nitrogen and oxygen atoms in total. The third kappa shape index (κ3) is 5.34. The first-order valence-corrected chi connectivity index (χ1v) is 14.4. The number of pyridine rings is 1. The van der Waals surface area contributed by atoms with E-state index in [9.17, 15) is 14.0 Å². The molecule has 2 aromatic heterocycles. The van der Waals surface area contributed by atoms with Gasteiger partial charge in [0, 0.05) is 11.3 Å². The van der Waals surface area contributed by atoms with Crippen LogP contribution in [0.4, 0.5) is 10.2 Å². The molecule has 194 valence electrons. The largest absolute Gasteiger partial charge is 0.363 e. The molecule has 2 aromatic carbocycles. The lowest BCUT2D eigenvalue weighted by Gasteiger charge is -2.39. The Morgan fingerprint density at radius 3 is 2.61 bits per heavy atom. The normalized spacial score (nSPS) is 20.1. The van der Waals surface area contributed by atoms with Crippen LogP contribution >= 0.6 is 34.7 Å². The Kier molecular flexibility index (Phi) is 7.83. The maximum Gasteiger partial charge on any atom is 0.242 e. The van der Waals surface area contributed by atoms with Crippen LogP contribution in [0.25, 0.3) is 0 Å². The molecule has 4 aromatic rings. The van der Waals surface area contributed by atoms with Crippen LogP contribution in [0, 0.1) is 5.82 Å². The molecule has 0 saturated carbocycles. The molecule has 0 bridgehead atoms. The first-order chi connectivity index (χ1) is 18.4. The monoisotopic (exact) mass is 565 g/mol. The Hall–Kier alpha value is -3.20. The second kappa shape index (κ2) is 11.3. The minimum Gasteiger partial charge on any atom is -0.363 e. The van der Waals surface area contributed by atoms with Crippen LogP contribution < -0.4 is 10.6 Å². The number of ketones is 1. The number of halogens is 2. The van der Waals surface area contributed by atoms with Crippen molar-refractivity contribution in [3.8, 4) is 0 Å². The highest BCUT2D eigenvalue weighted by molar-refractivity contribution is 8.01. The van der Waals surface area contributed by atoms with Crippen molar-refractivity contribution >= 4 is 52.2 Å². The molecule has 1 aliphatic rings. The van der Waals surface area contributed by atoms with Gasteiger partial charge in [-0.25, -0.2) is 9.37 Å². The number of rotatable bonds is 8. The lowest BCUT2D eigenvalue weighted by molar-refractivity contribution is -0.133. The summed E-state index contributed by atoms with van der Waals surface area (Å²) in [5.74, 6) is -0.259. The number of hydrogen-bond acceptors (Lipinski definition) is 6. The number of benzene rings is 2. The third-order valence-electron chi connectivity index (χ3n) is 6.59. The van der Waals surface area contributed by atoms with Crippen molar-refractivity contribution in [1.82, 2.24) is 10.3 Å². The topological polar surface area (TPSA) is 71.1 Å². The van der Waals surface area contributed by atoms with E-state index in [1.165, 1.54) is 23.5 Å². The van der Waals surface area contributed by atoms with Gasteiger partial charge in [-0.3, -0.25) is 9.59 Å². The predicted octanol–water partition coefficient (Wildman–Crippen LogP) is 6.99. The zero-order valence-corrected chi connectivity index (χ0v) is 22.9. The van der Waals surface area contributed by atoms with Gasteiger partial charge in [0.1, 0.15) is 22.4 Å². The van der Waals surface area contributed by atoms with Gasteiger partial charge in [-0.15, -0.1) is 11.8 Å². The van der Waals surface area contributed by atoms with E-state index < -0.39 is 10.8 Å². The van der Waals surface area contributed by atoms with Gasteiger partial charge in [0.05, 0.1) is 16.8 Å². The van der Waals surface area contributed by atoms with Crippen LogP contribution in [0.2, 0.25) is 5.02 Å². The fourth-order valence-electron chi connectivity index (χ4n) is 4.64. The molecule has 0 radical (unpaired) electrons. The summed E-state index contributed by atoms with van der Waals surface area (Å²) in [5.41, 5.74) is 1.22. The smallest absolute Gasteiger partial charge is 0.242 e. The highest BCUT2D eigenvalue weighted by Crippen LogP contribution is 2.41. The molecular formula is C29H25ClFN3O2S2. The van der Waals surface area contributed by atoms with Crippen LogP contribution in [0.5, 0.6) is 0 Å². The van der Waals surface area contributed by atoms with Gasteiger partial charge < -0.3 is 10.6 Å². The molecule has 38 heavy (non-hydrogen) atoms. The van der Waals surface area contributed by atoms with Crippen LogP contribution in [-0.4, -0.2) is 21.9 Å². The number of piperidine rings is 1. The van der Waals surface area contributed by atoms with Gasteiger partial charge in [0.25, 0.3) is 0 Å². The van der Waals surface area contributed by atoms with Crippen molar-refractivity contribution in [2.45, 2.75) is 41.5 Å². The van der Waals surface area contributed by atoms with Gasteiger partial charge in [0.15, 0.2) is 5.78 Å². The summed E-state index contributed by atoms with van der Waals surface area (Å²) in [6, 6.07) is 20.9. The number of amides is 1. The third-order valence-corrected chi connectivity index (χ3v) is 9.04. The van der Waals surface area contributed by atoms with Crippen molar-refractivity contribution in [3.05, 3.63) is 111 Å². The molecule has 1 aliphatic heterocycles. The Morgan fingerprint density at radius 1 is 1.13 bits per heavy atom. The summed E-state index contributed by atoms with van der Waals surface area (Å²) >= 11 is 8.95. The number of hydrogen-bond donors (Lipinski definition) is 2. The Morgan fingerprint density at radius 2 is 1.92 bits per heavy atom. The number of Topliss-reactive ketones (excluding diaryl/α,β-unsaturated/α-hetero) is 1. The Bertz CT molecular complexity index is 1430. The second-order valence-electron chi connectivity index (χ2n) is 9.04. The van der Waals surface area contributed by atoms with E-state index in [0.717, 1.165) is 29.3 Å². The van der Waals surface area contributed by atoms with E-state index in [4.69, 9.17) is 16.6 Å². The van der Waals surface area contributed by atoms with Gasteiger partial charge >= 0.3 is 0 Å². The molecule has 0 spiro atoms. The average molecular weight is 566 g/mol. The van der Waals surface area contributed by atoms with Gasteiger partial charge in [-0.1, -0.05) is 48.9 Å². The number of aromatic nitrogens is 1. The molecule has 2 N–H and O–H groups in total. The zero-order valence-electron chi connectivity index (χ0n) is 20.5. The number of nitrogens with one attached hydrogen (secondary N) is 2. The molecule has 1 fully saturated rings. The highest BCUT2D eigenvalue weighted by atomic mass is 35.5. The highest BCUT2D eigenvalue weighted by Gasteiger charge is 2.48. The maximum atomic E-state index is 13.5. The SMILES string of the molecule is CCC(Nc1cccc(C2(c3ccsc3)CC(=O)C(Sc3ccccc3Cl)C(=O)N2)n1)c1ccc(F)cc1. The second-order valence-corrected chi connectivity index (χ2v) is 11.4. The maximum absolute atomic E-state index is 13.5. The van der Waals surface area contributed by atoms with Crippen molar-refractivity contribution < 1.29 is 14.0 Å². The van der Waals surface area contributed by atoms with Crippen LogP contribution in [0.15, 0.2) is 88.5 Å². The van der Waals surface area contributed by atoms with Crippen LogP contribution in [-0.2, 0) is 15.1 Å². The van der Waals surface area contributed by atoms with E-state index in [-0.39, 0.29) is 30.0 Å². The van der Waals surface area contributed by atoms with E-state index in [1.807, 2.05) is 54.1 Å². The van der Waals surface area contributed by atoms with Crippen molar-refractivity contribution in [3.63, 3.8) is 0 Å². The van der Waals surface area contributed by atoms with Gasteiger partial charge in [-0.2, -0.15) is 11.3 Å². The zero-order chi connectivity index (χ0) is 26.7. The van der Waals surface area contributed by atoms with E-state index in [0.29, 0.717) is 21.4 Å². The van der Waals surface area contributed by atoms with Crippen molar-refractivity contribution in [1.29, 1.82) is 0 Å². The summed E-state index contributed by atoms with van der Waals surface area (Å²) in [7, 11) is 0. The standard InChI is InChI=1S/C29H25ClFN3O2S2/c1-2-22(18-10-12-20(31)13-11-18)32-26-9-5-8-25(33-26)29(19-14-15-37-17-19)16-23(35)27(28(36)34-29)38-24-7-4-3-6-21(24)30/h3-15,17,22,27H,2,16H2,1H3,(H,32,33)(H,34,36). The van der Waals surface area contributed by atoms with Gasteiger partial charge in [-0.05, 0) is 70.8 Å². The fraction of sp³-hybridized carbons (Fsp3) is 0.207. The lowest BCUT2D eigenvalue weighted by atomic mass is 9.79.